The molecule has 1 fully saturated rings. The van der Waals surface area contributed by atoms with Gasteiger partial charge < -0.3 is 15.2 Å². The molecule has 1 aromatic rings. The third kappa shape index (κ3) is 2.53. The molecule has 0 atom stereocenters. The van der Waals surface area contributed by atoms with Gasteiger partial charge in [-0.25, -0.2) is 9.55 Å². The molecule has 0 radical (unpaired) electrons. The molecule has 0 aromatic carbocycles. The van der Waals surface area contributed by atoms with Gasteiger partial charge in [0.2, 0.25) is 0 Å². The molecule has 18 heavy (non-hydrogen) atoms. The number of aryl methyl sites for hydroxylation is 1. The fourth-order valence-corrected chi connectivity index (χ4v) is 2.55. The lowest BCUT2D eigenvalue weighted by Crippen LogP contribution is -2.38. The predicted octanol–water partition coefficient (Wildman–Crippen LogP) is 2.04. The molecular formula is C12H19N3O3. The molecule has 2 rings (SSSR count). The van der Waals surface area contributed by atoms with Gasteiger partial charge in [0.25, 0.3) is 0 Å². The van der Waals surface area contributed by atoms with Crippen LogP contribution in [-0.4, -0.2) is 25.2 Å². The minimum absolute atomic E-state index is 0.0421. The van der Waals surface area contributed by atoms with Gasteiger partial charge in [-0.15, -0.1) is 0 Å². The Morgan fingerprint density at radius 2 is 2.22 bits per heavy atom. The van der Waals surface area contributed by atoms with Gasteiger partial charge in [-0.3, -0.25) is 0 Å². The van der Waals surface area contributed by atoms with Crippen molar-refractivity contribution in [3.05, 3.63) is 22.1 Å². The van der Waals surface area contributed by atoms with Crippen LogP contribution in [0.3, 0.4) is 0 Å². The summed E-state index contributed by atoms with van der Waals surface area (Å²) in [4.78, 5) is 14.4. The summed E-state index contributed by atoms with van der Waals surface area (Å²) in [5.41, 5.74) is -0.831. The van der Waals surface area contributed by atoms with E-state index < -0.39 is 10.5 Å². The molecule has 1 aliphatic rings. The van der Waals surface area contributed by atoms with Crippen molar-refractivity contribution in [2.45, 2.75) is 51.7 Å². The van der Waals surface area contributed by atoms with Crippen molar-refractivity contribution >= 4 is 5.82 Å². The molecule has 0 bridgehead atoms. The van der Waals surface area contributed by atoms with Gasteiger partial charge in [-0.1, -0.05) is 6.92 Å². The lowest BCUT2D eigenvalue weighted by molar-refractivity contribution is -0.392. The first-order valence-electron chi connectivity index (χ1n) is 6.30. The Morgan fingerprint density at radius 3 is 2.78 bits per heavy atom. The van der Waals surface area contributed by atoms with Gasteiger partial charge in [0, 0.05) is 6.92 Å². The normalized spacial score (nSPS) is 28.3. The number of nitro groups is 1. The van der Waals surface area contributed by atoms with Crippen LogP contribution in [0.1, 0.15) is 38.4 Å². The molecule has 1 heterocycles. The summed E-state index contributed by atoms with van der Waals surface area (Å²) in [6, 6.07) is 0. The average molecular weight is 253 g/mol. The second-order valence-corrected chi connectivity index (χ2v) is 5.41. The van der Waals surface area contributed by atoms with E-state index in [2.05, 4.69) is 11.9 Å². The molecule has 0 unspecified atom stereocenters. The highest BCUT2D eigenvalue weighted by Crippen LogP contribution is 2.34. The van der Waals surface area contributed by atoms with E-state index in [1.54, 1.807) is 6.92 Å². The SMILES string of the molecule is Cc1ncc([N+](=O)[O-])n1CC1(O)CCC(C)CC1. The molecule has 1 aromatic heterocycles. The first-order chi connectivity index (χ1) is 8.41. The molecule has 0 saturated heterocycles. The van der Waals surface area contributed by atoms with Crippen LogP contribution >= 0.6 is 0 Å². The van der Waals surface area contributed by atoms with Gasteiger partial charge in [0.05, 0.1) is 0 Å². The fourth-order valence-electron chi connectivity index (χ4n) is 2.55. The highest BCUT2D eigenvalue weighted by Gasteiger charge is 2.36. The van der Waals surface area contributed by atoms with Crippen LogP contribution in [0.25, 0.3) is 0 Å². The summed E-state index contributed by atoms with van der Waals surface area (Å²) in [6.07, 6.45) is 4.59. The van der Waals surface area contributed by atoms with Crippen molar-refractivity contribution in [3.8, 4) is 0 Å². The third-order valence-corrected chi connectivity index (χ3v) is 3.88. The van der Waals surface area contributed by atoms with E-state index in [1.807, 2.05) is 0 Å². The molecule has 100 valence electrons. The Morgan fingerprint density at radius 1 is 1.61 bits per heavy atom. The summed E-state index contributed by atoms with van der Waals surface area (Å²) >= 11 is 0. The zero-order valence-electron chi connectivity index (χ0n) is 10.8. The number of imidazole rings is 1. The molecule has 1 aliphatic carbocycles. The molecule has 1 saturated carbocycles. The first kappa shape index (κ1) is 13.0. The first-order valence-corrected chi connectivity index (χ1v) is 6.30. The highest BCUT2D eigenvalue weighted by molar-refractivity contribution is 5.19. The molecule has 1 N–H and O–H groups in total. The zero-order valence-corrected chi connectivity index (χ0v) is 10.8. The summed E-state index contributed by atoms with van der Waals surface area (Å²) in [5.74, 6) is 1.16. The van der Waals surface area contributed by atoms with E-state index in [4.69, 9.17) is 0 Å². The van der Waals surface area contributed by atoms with Gasteiger partial charge in [-0.2, -0.15) is 0 Å². The molecule has 6 heteroatoms. The summed E-state index contributed by atoms with van der Waals surface area (Å²) in [6.45, 7) is 4.16. The highest BCUT2D eigenvalue weighted by atomic mass is 16.6. The van der Waals surface area contributed by atoms with Crippen LogP contribution < -0.4 is 0 Å². The van der Waals surface area contributed by atoms with Crippen molar-refractivity contribution in [2.75, 3.05) is 0 Å². The van der Waals surface area contributed by atoms with Crippen LogP contribution in [-0.2, 0) is 6.54 Å². The van der Waals surface area contributed by atoms with E-state index in [0.29, 0.717) is 24.6 Å². The van der Waals surface area contributed by atoms with Crippen molar-refractivity contribution < 1.29 is 10.0 Å². The van der Waals surface area contributed by atoms with Crippen LogP contribution in [0.15, 0.2) is 6.20 Å². The van der Waals surface area contributed by atoms with Crippen molar-refractivity contribution in [1.82, 2.24) is 9.55 Å². The summed E-state index contributed by atoms with van der Waals surface area (Å²) in [5, 5.41) is 21.4. The fraction of sp³-hybridized carbons (Fsp3) is 0.750. The van der Waals surface area contributed by atoms with Crippen molar-refractivity contribution in [2.24, 2.45) is 5.92 Å². The van der Waals surface area contributed by atoms with E-state index in [0.717, 1.165) is 12.8 Å². The zero-order chi connectivity index (χ0) is 13.3. The second kappa shape index (κ2) is 4.68. The van der Waals surface area contributed by atoms with Crippen LogP contribution in [0, 0.1) is 23.0 Å². The maximum atomic E-state index is 10.9. The molecule has 0 aliphatic heterocycles. The van der Waals surface area contributed by atoms with Gasteiger partial charge in [0.1, 0.15) is 18.3 Å². The minimum atomic E-state index is -0.831. The van der Waals surface area contributed by atoms with Crippen LogP contribution in [0.4, 0.5) is 5.82 Å². The van der Waals surface area contributed by atoms with Crippen LogP contribution in [0.2, 0.25) is 0 Å². The lowest BCUT2D eigenvalue weighted by Gasteiger charge is -2.33. The predicted molar refractivity (Wildman–Crippen MR) is 66.2 cm³/mol. The Balaban J connectivity index is 2.18. The standard InChI is InChI=1S/C12H19N3O3/c1-9-3-5-12(16,6-4-9)8-14-10(2)13-7-11(14)15(17)18/h7,9,16H,3-6,8H2,1-2H3. The Bertz CT molecular complexity index is 447. The number of hydrogen-bond acceptors (Lipinski definition) is 4. The van der Waals surface area contributed by atoms with E-state index in [9.17, 15) is 15.2 Å². The van der Waals surface area contributed by atoms with Gasteiger partial charge >= 0.3 is 5.82 Å². The van der Waals surface area contributed by atoms with Crippen LogP contribution in [0.5, 0.6) is 0 Å². The molecule has 0 amide bonds. The Kier molecular flexibility index (Phi) is 3.38. The Hall–Kier alpha value is -1.43. The second-order valence-electron chi connectivity index (χ2n) is 5.41. The van der Waals surface area contributed by atoms with Crippen molar-refractivity contribution in [3.63, 3.8) is 0 Å². The largest absolute Gasteiger partial charge is 0.386 e. The minimum Gasteiger partial charge on any atom is -0.386 e. The van der Waals surface area contributed by atoms with Crippen molar-refractivity contribution in [1.29, 1.82) is 0 Å². The number of nitrogens with zero attached hydrogens (tertiary/aromatic N) is 3. The van der Waals surface area contributed by atoms with E-state index in [-0.39, 0.29) is 12.4 Å². The topological polar surface area (TPSA) is 81.2 Å². The van der Waals surface area contributed by atoms with E-state index in [1.165, 1.54) is 10.8 Å². The molecular weight excluding hydrogens is 234 g/mol. The quantitative estimate of drug-likeness (QED) is 0.660. The number of aliphatic hydroxyl groups is 1. The number of aromatic nitrogens is 2. The maximum Gasteiger partial charge on any atom is 0.342 e. The third-order valence-electron chi connectivity index (χ3n) is 3.88. The summed E-state index contributed by atoms with van der Waals surface area (Å²) < 4.78 is 1.51. The van der Waals surface area contributed by atoms with E-state index >= 15 is 0 Å². The monoisotopic (exact) mass is 253 g/mol. The maximum absolute atomic E-state index is 10.9. The summed E-state index contributed by atoms with van der Waals surface area (Å²) in [7, 11) is 0. The smallest absolute Gasteiger partial charge is 0.342 e. The lowest BCUT2D eigenvalue weighted by atomic mass is 9.79. The van der Waals surface area contributed by atoms with Gasteiger partial charge in [0.15, 0.2) is 5.82 Å². The number of hydrogen-bond donors (Lipinski definition) is 1. The van der Waals surface area contributed by atoms with Gasteiger partial charge in [-0.05, 0) is 36.5 Å². The Labute approximate surface area is 106 Å². The molecule has 6 nitrogen and oxygen atoms in total. The number of rotatable bonds is 3. The average Bonchev–Trinajstić information content (AvgIpc) is 2.65. The molecule has 0 spiro atoms.